The number of Topliss-reactive ketones (excluding diaryl/α,β-unsaturated/α-hetero) is 3. The maximum Gasteiger partial charge on any atom is 1.00 e. The van der Waals surface area contributed by atoms with E-state index in [9.17, 15) is 42.3 Å². The molecule has 2 amide bonds. The summed E-state index contributed by atoms with van der Waals surface area (Å²) in [5, 5.41) is 14.5. The van der Waals surface area contributed by atoms with Gasteiger partial charge in [0.15, 0.2) is 33.7 Å². The number of H-pyrrole nitrogens is 3. The van der Waals surface area contributed by atoms with Crippen LogP contribution < -0.4 is 29.5 Å². The number of aryl methyl sites for hydroxylation is 2. The summed E-state index contributed by atoms with van der Waals surface area (Å²) in [7, 11) is -1.58. The molecule has 0 fully saturated rings. The van der Waals surface area contributed by atoms with Crippen LogP contribution in [0.15, 0.2) is 158 Å². The van der Waals surface area contributed by atoms with Crippen molar-refractivity contribution in [2.24, 2.45) is 0 Å². The molecule has 0 bridgehead atoms. The molecule has 11 aromatic rings. The predicted molar refractivity (Wildman–Crippen MR) is 503 cm³/mol. The summed E-state index contributed by atoms with van der Waals surface area (Å²) in [4.78, 5) is 119. The number of imidazole rings is 7. The molecular formula is C86H122BrClF2ILiN16O13Si3. The maximum atomic E-state index is 13.4. The Morgan fingerprint density at radius 2 is 0.976 bits per heavy atom. The smallest absolute Gasteiger partial charge is 0.870 e. The number of halogens is 5. The van der Waals surface area contributed by atoms with Gasteiger partial charge in [0, 0.05) is 120 Å². The summed E-state index contributed by atoms with van der Waals surface area (Å²) in [5.41, 5.74) is 9.39. The summed E-state index contributed by atoms with van der Waals surface area (Å²) in [6.45, 7) is 36.7. The van der Waals surface area contributed by atoms with Gasteiger partial charge in [0.2, 0.25) is 0 Å². The second-order valence-electron chi connectivity index (χ2n) is 31.7. The van der Waals surface area contributed by atoms with Gasteiger partial charge in [-0.3, -0.25) is 33.6 Å². The van der Waals surface area contributed by atoms with E-state index in [0.29, 0.717) is 106 Å². The van der Waals surface area contributed by atoms with E-state index in [-0.39, 0.29) is 141 Å². The first-order valence-corrected chi connectivity index (χ1v) is 51.1. The number of esters is 1. The number of amides is 2. The number of aromatic amines is 3. The number of hydrogen-bond donors (Lipinski definition) is 6. The second-order valence-corrected chi connectivity index (χ2v) is 49.5. The molecule has 4 aromatic carbocycles. The van der Waals surface area contributed by atoms with Crippen LogP contribution in [0, 0.1) is 11.6 Å². The fraction of sp³-hybridized carbons (Fsp3) is 0.395. The van der Waals surface area contributed by atoms with Gasteiger partial charge in [-0.1, -0.05) is 110 Å². The molecule has 38 heteroatoms. The van der Waals surface area contributed by atoms with Crippen LogP contribution in [0.1, 0.15) is 153 Å². The number of nitrogens with zero attached hydrogens (tertiary/aromatic N) is 11. The molecule has 7 heterocycles. The molecule has 0 atom stereocenters. The summed E-state index contributed by atoms with van der Waals surface area (Å²) < 4.78 is 55.7. The SMILES string of the molecule is C.C.CC(=O)c1cn(COCC[Si](C)(C)C)c(Br)n1.CC(=O)c1cnc[nH]1.CC(=O)c1cncn1COCC[Si](C)(C)C.CC(C)n1cnc(-c2ccc(F)cc2)c1-c1ncc(C(=O)Nc2ccc(CCC(=O)O)cc2)[nH]1.COC(=O)CCc1ccc(NC(=O)c2cnc(-c3c(-c4ccc(F)cc4)ncn3C(C)C)[nH]2)cc1.C[Si](C)(C)CCOCCl.I.[HH].[Li+].[OH-]. The van der Waals surface area contributed by atoms with E-state index in [2.05, 4.69) is 140 Å². The number of carbonyl (C=O) groups is 7. The quantitative estimate of drug-likeness (QED) is 0.00555. The number of ether oxygens (including phenoxy) is 4. The number of rotatable bonds is 33. The first-order chi connectivity index (χ1) is 56.2. The fourth-order valence-electron chi connectivity index (χ4n) is 10.6. The van der Waals surface area contributed by atoms with Crippen LogP contribution in [0.2, 0.25) is 77.1 Å². The van der Waals surface area contributed by atoms with E-state index >= 15 is 0 Å². The molecule has 0 radical (unpaired) electrons. The number of nitrogens with one attached hydrogen (secondary N) is 5. The van der Waals surface area contributed by atoms with Gasteiger partial charge in [0.05, 0.1) is 68.6 Å². The normalized spacial score (nSPS) is 10.7. The van der Waals surface area contributed by atoms with Crippen LogP contribution in [0.4, 0.5) is 20.2 Å². The molecule has 0 unspecified atom stereocenters. The Bertz CT molecular complexity index is 5060. The molecular weight excluding hydrogens is 1840 g/mol. The van der Waals surface area contributed by atoms with Crippen molar-refractivity contribution in [1.82, 2.24) is 68.1 Å². The van der Waals surface area contributed by atoms with Crippen LogP contribution in [0.3, 0.4) is 0 Å². The molecule has 0 aliphatic carbocycles. The summed E-state index contributed by atoms with van der Waals surface area (Å²) >= 11 is 8.63. The van der Waals surface area contributed by atoms with Gasteiger partial charge >= 0.3 is 30.8 Å². The minimum Gasteiger partial charge on any atom is -0.870 e. The number of benzene rings is 4. The number of carboxylic acids is 1. The Labute approximate surface area is 772 Å². The van der Waals surface area contributed by atoms with Crippen molar-refractivity contribution in [1.29, 1.82) is 0 Å². The van der Waals surface area contributed by atoms with E-state index in [1.165, 1.54) is 83.1 Å². The molecule has 0 spiro atoms. The number of anilines is 2. The number of carbonyl (C=O) groups excluding carboxylic acids is 6. The van der Waals surface area contributed by atoms with Crippen LogP contribution in [-0.2, 0) is 54.8 Å². The van der Waals surface area contributed by atoms with Gasteiger partial charge in [-0.25, -0.2) is 43.7 Å². The fourth-order valence-corrected chi connectivity index (χ4v) is 13.3. The zero-order chi connectivity index (χ0) is 87.7. The molecule has 0 aliphatic heterocycles. The minimum atomic E-state index is -1.04. The topological polar surface area (TPSA) is 388 Å². The number of aliphatic carboxylic acids is 1. The number of methoxy groups -OCH3 is 1. The number of aromatic nitrogens is 14. The van der Waals surface area contributed by atoms with E-state index in [1.807, 2.05) is 49.0 Å². The average molecular weight is 1960 g/mol. The van der Waals surface area contributed by atoms with Gasteiger partial charge < -0.3 is 73.4 Å². The van der Waals surface area contributed by atoms with Crippen LogP contribution in [-0.4, -0.2) is 177 Å². The molecule has 7 N–H and O–H groups in total. The Kier molecular flexibility index (Phi) is 50.2. The summed E-state index contributed by atoms with van der Waals surface area (Å²) in [5.74, 6) is -1.53. The third-order valence-corrected chi connectivity index (χ3v) is 23.4. The Hall–Kier alpha value is -9.31. The van der Waals surface area contributed by atoms with E-state index in [1.54, 1.807) is 101 Å². The molecule has 124 heavy (non-hydrogen) atoms. The van der Waals surface area contributed by atoms with Crippen molar-refractivity contribution in [3.05, 3.63) is 209 Å². The van der Waals surface area contributed by atoms with Gasteiger partial charge in [0.25, 0.3) is 11.8 Å². The van der Waals surface area contributed by atoms with Crippen molar-refractivity contribution in [3.63, 3.8) is 0 Å². The van der Waals surface area contributed by atoms with Gasteiger partial charge in [-0.15, -0.1) is 24.0 Å². The molecule has 7 aromatic heterocycles. The average Bonchev–Trinajstić information content (AvgIpc) is 1.64. The zero-order valence-corrected chi connectivity index (χ0v) is 80.2. The third kappa shape index (κ3) is 39.1. The van der Waals surface area contributed by atoms with Crippen molar-refractivity contribution >= 4 is 128 Å². The third-order valence-electron chi connectivity index (χ3n) is 17.5. The zero-order valence-electron chi connectivity index (χ0n) is 72.5. The molecule has 0 aliphatic rings. The van der Waals surface area contributed by atoms with E-state index in [4.69, 9.17) is 30.9 Å². The molecule has 672 valence electrons. The Balaban J connectivity index is 0.00000158. The number of ketones is 3. The van der Waals surface area contributed by atoms with Crippen molar-refractivity contribution in [2.75, 3.05) is 43.6 Å². The Morgan fingerprint density at radius 1 is 0.556 bits per heavy atom. The largest absolute Gasteiger partial charge is 1.00 e. The van der Waals surface area contributed by atoms with Gasteiger partial charge in [0.1, 0.15) is 71.0 Å². The number of hydrogen-bond acceptors (Lipinski definition) is 19. The second kappa shape index (κ2) is 55.2. The molecule has 29 nitrogen and oxygen atoms in total. The van der Waals surface area contributed by atoms with E-state index in [0.717, 1.165) is 54.2 Å². The van der Waals surface area contributed by atoms with Crippen molar-refractivity contribution < 1.29 is 92.2 Å². The van der Waals surface area contributed by atoms with Crippen LogP contribution in [0.25, 0.3) is 45.6 Å². The summed E-state index contributed by atoms with van der Waals surface area (Å²) in [6, 6.07) is 30.4. The number of alkyl halides is 1. The monoisotopic (exact) mass is 1960 g/mol. The van der Waals surface area contributed by atoms with E-state index < -0.39 is 30.2 Å². The first kappa shape index (κ1) is 113. The first-order valence-electron chi connectivity index (χ1n) is 38.6. The van der Waals surface area contributed by atoms with Crippen molar-refractivity contribution in [2.45, 2.75) is 192 Å². The summed E-state index contributed by atoms with van der Waals surface area (Å²) in [6.07, 6.45) is 15.6. The van der Waals surface area contributed by atoms with Crippen molar-refractivity contribution in [3.8, 4) is 45.6 Å². The van der Waals surface area contributed by atoms with Gasteiger partial charge in [-0.05, 0) is 159 Å². The van der Waals surface area contributed by atoms with Crippen LogP contribution >= 0.6 is 51.5 Å². The molecule has 11 rings (SSSR count). The van der Waals surface area contributed by atoms with Gasteiger partial charge in [-0.2, -0.15) is 0 Å². The van der Waals surface area contributed by atoms with Crippen LogP contribution in [0.5, 0.6) is 0 Å². The molecule has 0 saturated heterocycles. The number of carboxylic acid groups (broad SMARTS) is 1. The molecule has 0 saturated carbocycles. The maximum absolute atomic E-state index is 13.4. The minimum absolute atomic E-state index is 0. The predicted octanol–water partition coefficient (Wildman–Crippen LogP) is 17.6. The standard InChI is InChI=1S/C26H26FN5O3.C25H24FN5O3.C11H19BrN2O2Si.C11H20N2O2Si.C6H15ClOSi.C5H6N2O.2CH4.HI.Li.H2O.H2/c1-16(2)32-15-29-23(18-7-9-19(27)10-8-18)24(32)25-28-14-21(31-25)26(34)30-20-11-4-17(5-12-20)6-13-22(33)35-3;1-15(2)31-14-28-22(17-6-8-18(26)9-7-17)23(31)24-27-13-20(30-24)25(34)29-19-10-3-16(4-11-19)5-12-21(32)33;1-9(15)10-7-14(11(12)13-10)8-16-5-6-17(2,3)4;1-10(14)11-7-12-8-13(11)9-15-5-6-16(2,3)4;1-9(2,3)5-4-8-6-7;1-4(8)5-2-6-3-7-5;;;;;;/h4-5,7-12,14-16H,6,13H2,1-3H3,(H,28,31)(H,30,34);3-4,6-11,13-15H,5,12H2,1-2H3,(H,27,30)(H,29,34)(H,32,33);7H,5-6,8H2,1-4H3;7-8H,5-6,9H2,1-4H3;4-6H2,1-3H3;2-3H,1H3,(H,6,7);2*1H4;1H;;1H2;1H/q;;;;;;;;;+1;;/p-1. The Morgan fingerprint density at radius 3 is 1.32 bits per heavy atom.